The molecule has 1 N–H and O–H groups in total. The van der Waals surface area contributed by atoms with Crippen LogP contribution in [0.5, 0.6) is 0 Å². The maximum absolute atomic E-state index is 12.3. The smallest absolute Gasteiger partial charge is 0.320 e. The molecule has 0 radical (unpaired) electrons. The van der Waals surface area contributed by atoms with Crippen LogP contribution >= 0.6 is 0 Å². The van der Waals surface area contributed by atoms with E-state index in [0.29, 0.717) is 45.6 Å². The summed E-state index contributed by atoms with van der Waals surface area (Å²) in [5.41, 5.74) is 0. The Morgan fingerprint density at radius 2 is 2.05 bits per heavy atom. The van der Waals surface area contributed by atoms with Crippen LogP contribution in [0.2, 0.25) is 0 Å². The number of piperidine rings is 1. The fraction of sp³-hybridized carbons (Fsp3) is 0.769. The second kappa shape index (κ2) is 8.38. The molecule has 1 rings (SSSR count). The lowest BCUT2D eigenvalue weighted by molar-refractivity contribution is -0.143. The van der Waals surface area contributed by atoms with Gasteiger partial charge in [-0.15, -0.1) is 0 Å². The van der Waals surface area contributed by atoms with Crippen molar-refractivity contribution >= 4 is 12.0 Å². The Balaban J connectivity index is 2.52. The predicted octanol–water partition coefficient (Wildman–Crippen LogP) is 0.765. The third-order valence-electron chi connectivity index (χ3n) is 3.44. The van der Waals surface area contributed by atoms with Crippen LogP contribution in [-0.2, 0) is 9.53 Å². The van der Waals surface area contributed by atoms with E-state index in [0.717, 1.165) is 0 Å². The van der Waals surface area contributed by atoms with E-state index in [1.165, 1.54) is 0 Å². The van der Waals surface area contributed by atoms with Gasteiger partial charge in [0.05, 0.1) is 25.0 Å². The molecule has 2 amide bonds. The van der Waals surface area contributed by atoms with Gasteiger partial charge in [-0.1, -0.05) is 0 Å². The Labute approximate surface area is 118 Å². The number of carboxylic acid groups (broad SMARTS) is 1. The van der Waals surface area contributed by atoms with Crippen LogP contribution in [0.25, 0.3) is 0 Å². The van der Waals surface area contributed by atoms with E-state index in [4.69, 9.17) is 15.1 Å². The topological polar surface area (TPSA) is 93.9 Å². The highest BCUT2D eigenvalue weighted by molar-refractivity contribution is 5.75. The molecule has 1 heterocycles. The molecule has 1 aliphatic rings. The van der Waals surface area contributed by atoms with Gasteiger partial charge in [0, 0.05) is 33.3 Å². The molecule has 7 nitrogen and oxygen atoms in total. The molecule has 0 spiro atoms. The van der Waals surface area contributed by atoms with Crippen molar-refractivity contribution in [3.05, 3.63) is 0 Å². The van der Waals surface area contributed by atoms with Crippen molar-refractivity contribution in [3.63, 3.8) is 0 Å². The Morgan fingerprint density at radius 1 is 1.40 bits per heavy atom. The fourth-order valence-electron chi connectivity index (χ4n) is 2.21. The maximum atomic E-state index is 12.3. The van der Waals surface area contributed by atoms with Gasteiger partial charge in [0.15, 0.2) is 0 Å². The second-order valence-corrected chi connectivity index (χ2v) is 4.77. The first-order chi connectivity index (χ1) is 9.60. The first-order valence-electron chi connectivity index (χ1n) is 6.72. The van der Waals surface area contributed by atoms with E-state index >= 15 is 0 Å². The molecule has 20 heavy (non-hydrogen) atoms. The van der Waals surface area contributed by atoms with Gasteiger partial charge >= 0.3 is 12.0 Å². The lowest BCUT2D eigenvalue weighted by Gasteiger charge is -2.34. The first-order valence-corrected chi connectivity index (χ1v) is 6.72. The molecule has 1 fully saturated rings. The van der Waals surface area contributed by atoms with Crippen LogP contribution in [0.3, 0.4) is 0 Å². The zero-order valence-electron chi connectivity index (χ0n) is 11.7. The second-order valence-electron chi connectivity index (χ2n) is 4.77. The maximum Gasteiger partial charge on any atom is 0.320 e. The minimum atomic E-state index is -0.794. The molecule has 112 valence electrons. The number of rotatable bonds is 6. The van der Waals surface area contributed by atoms with Gasteiger partial charge in [0.1, 0.15) is 0 Å². The number of carboxylic acids is 1. The SMILES string of the molecule is COCCN(CCC#N)C(=O)N1CCC(C(=O)O)CC1. The third kappa shape index (κ3) is 4.70. The Kier molecular flexibility index (Phi) is 6.81. The highest BCUT2D eigenvalue weighted by atomic mass is 16.5. The van der Waals surface area contributed by atoms with E-state index in [9.17, 15) is 9.59 Å². The molecule has 0 aromatic rings. The van der Waals surface area contributed by atoms with E-state index in [1.807, 2.05) is 6.07 Å². The van der Waals surface area contributed by atoms with E-state index in [2.05, 4.69) is 0 Å². The summed E-state index contributed by atoms with van der Waals surface area (Å²) in [4.78, 5) is 26.5. The summed E-state index contributed by atoms with van der Waals surface area (Å²) in [6.07, 6.45) is 1.25. The van der Waals surface area contributed by atoms with Crippen LogP contribution in [0.1, 0.15) is 19.3 Å². The van der Waals surface area contributed by atoms with Crippen LogP contribution in [0.15, 0.2) is 0 Å². The van der Waals surface area contributed by atoms with Gasteiger partial charge < -0.3 is 19.6 Å². The molecule has 0 bridgehead atoms. The molecule has 0 aromatic heterocycles. The van der Waals surface area contributed by atoms with Crippen molar-refractivity contribution in [1.29, 1.82) is 5.26 Å². The Bertz CT molecular complexity index is 372. The molecule has 1 aliphatic heterocycles. The summed E-state index contributed by atoms with van der Waals surface area (Å²) in [6.45, 7) is 2.13. The first kappa shape index (κ1) is 16.2. The lowest BCUT2D eigenvalue weighted by atomic mass is 9.97. The predicted molar refractivity (Wildman–Crippen MR) is 71.0 cm³/mol. The zero-order chi connectivity index (χ0) is 15.0. The van der Waals surface area contributed by atoms with Gasteiger partial charge in [-0.05, 0) is 12.8 Å². The van der Waals surface area contributed by atoms with Crippen LogP contribution in [0.4, 0.5) is 4.79 Å². The van der Waals surface area contributed by atoms with Crippen molar-refractivity contribution in [2.45, 2.75) is 19.3 Å². The number of nitrogens with zero attached hydrogens (tertiary/aromatic N) is 3. The number of aliphatic carboxylic acids is 1. The molecule has 0 atom stereocenters. The summed E-state index contributed by atoms with van der Waals surface area (Å²) in [7, 11) is 1.56. The summed E-state index contributed by atoms with van der Waals surface area (Å²) in [5, 5.41) is 17.6. The molecule has 0 aromatic carbocycles. The summed E-state index contributed by atoms with van der Waals surface area (Å²) >= 11 is 0. The molecule has 0 unspecified atom stereocenters. The van der Waals surface area contributed by atoms with E-state index in [1.54, 1.807) is 16.9 Å². The summed E-state index contributed by atoms with van der Waals surface area (Å²) in [5.74, 6) is -1.15. The molecule has 0 saturated carbocycles. The van der Waals surface area contributed by atoms with Gasteiger partial charge in [0.25, 0.3) is 0 Å². The highest BCUT2D eigenvalue weighted by Gasteiger charge is 2.29. The largest absolute Gasteiger partial charge is 0.481 e. The molecule has 1 saturated heterocycles. The minimum Gasteiger partial charge on any atom is -0.481 e. The average molecular weight is 283 g/mol. The van der Waals surface area contributed by atoms with Crippen LogP contribution in [-0.4, -0.2) is 66.8 Å². The van der Waals surface area contributed by atoms with Crippen LogP contribution in [0, 0.1) is 17.2 Å². The monoisotopic (exact) mass is 283 g/mol. The number of methoxy groups -OCH3 is 1. The van der Waals surface area contributed by atoms with Crippen molar-refractivity contribution in [2.24, 2.45) is 5.92 Å². The number of carbonyl (C=O) groups is 2. The van der Waals surface area contributed by atoms with Crippen molar-refractivity contribution in [1.82, 2.24) is 9.80 Å². The number of ether oxygens (including phenoxy) is 1. The minimum absolute atomic E-state index is 0.138. The van der Waals surface area contributed by atoms with Gasteiger partial charge in [0.2, 0.25) is 0 Å². The number of carbonyl (C=O) groups excluding carboxylic acids is 1. The lowest BCUT2D eigenvalue weighted by Crippen LogP contribution is -2.48. The standard InChI is InChI=1S/C13H21N3O4/c1-20-10-9-15(6-2-5-14)13(19)16-7-3-11(4-8-16)12(17)18/h11H,2-4,6-10H2,1H3,(H,17,18). The van der Waals surface area contributed by atoms with Crippen molar-refractivity contribution < 1.29 is 19.4 Å². The van der Waals surface area contributed by atoms with E-state index in [-0.39, 0.29) is 18.4 Å². The third-order valence-corrected chi connectivity index (χ3v) is 3.44. The number of nitriles is 1. The number of hydrogen-bond donors (Lipinski definition) is 1. The van der Waals surface area contributed by atoms with E-state index < -0.39 is 5.97 Å². The molecule has 7 heteroatoms. The van der Waals surface area contributed by atoms with Gasteiger partial charge in [-0.3, -0.25) is 4.79 Å². The summed E-state index contributed by atoms with van der Waals surface area (Å²) < 4.78 is 4.97. The normalized spacial score (nSPS) is 15.7. The number of likely N-dealkylation sites (tertiary alicyclic amines) is 1. The zero-order valence-corrected chi connectivity index (χ0v) is 11.7. The molecular weight excluding hydrogens is 262 g/mol. The van der Waals surface area contributed by atoms with Crippen molar-refractivity contribution in [2.75, 3.05) is 39.9 Å². The number of urea groups is 1. The van der Waals surface area contributed by atoms with Crippen LogP contribution < -0.4 is 0 Å². The quantitative estimate of drug-likeness (QED) is 0.777. The van der Waals surface area contributed by atoms with Gasteiger partial charge in [-0.2, -0.15) is 5.26 Å². The summed E-state index contributed by atoms with van der Waals surface area (Å²) in [6, 6.07) is 1.89. The number of amides is 2. The molecular formula is C13H21N3O4. The van der Waals surface area contributed by atoms with Crippen molar-refractivity contribution in [3.8, 4) is 6.07 Å². The van der Waals surface area contributed by atoms with Gasteiger partial charge in [-0.25, -0.2) is 4.79 Å². The highest BCUT2D eigenvalue weighted by Crippen LogP contribution is 2.18. The Hall–Kier alpha value is -1.81. The average Bonchev–Trinajstić information content (AvgIpc) is 2.47. The fourth-order valence-corrected chi connectivity index (χ4v) is 2.21. The number of hydrogen-bond acceptors (Lipinski definition) is 4. The molecule has 0 aliphatic carbocycles. The Morgan fingerprint density at radius 3 is 2.55 bits per heavy atom.